The predicted octanol–water partition coefficient (Wildman–Crippen LogP) is 3.27. The molecule has 1 nitrogen and oxygen atoms in total. The third-order valence-electron chi connectivity index (χ3n) is 2.75. The molecule has 68 valence electrons. The van der Waals surface area contributed by atoms with Crippen LogP contribution in [0.4, 0.5) is 5.69 Å². The van der Waals surface area contributed by atoms with Gasteiger partial charge in [0, 0.05) is 5.69 Å². The van der Waals surface area contributed by atoms with Crippen LogP contribution in [0.25, 0.3) is 0 Å². The van der Waals surface area contributed by atoms with Crippen molar-refractivity contribution < 1.29 is 0 Å². The van der Waals surface area contributed by atoms with Gasteiger partial charge in [-0.25, -0.2) is 0 Å². The van der Waals surface area contributed by atoms with E-state index in [2.05, 4.69) is 35.6 Å². The maximum absolute atomic E-state index is 3.58. The molecule has 1 N–H and O–H groups in total. The van der Waals surface area contributed by atoms with E-state index in [1.807, 2.05) is 0 Å². The Bertz CT molecular complexity index is 242. The molecule has 1 saturated heterocycles. The summed E-state index contributed by atoms with van der Waals surface area (Å²) in [4.78, 5) is 0. The molecule has 0 bridgehead atoms. The van der Waals surface area contributed by atoms with Gasteiger partial charge >= 0.3 is 0 Å². The Balaban J connectivity index is 1.90. The van der Waals surface area contributed by atoms with Crippen LogP contribution in [-0.4, -0.2) is 6.85 Å². The molecule has 0 saturated carbocycles. The molecule has 0 aliphatic carbocycles. The van der Waals surface area contributed by atoms with Crippen LogP contribution in [0.15, 0.2) is 30.3 Å². The van der Waals surface area contributed by atoms with Crippen LogP contribution in [0.1, 0.15) is 19.3 Å². The molecule has 1 aromatic rings. The Morgan fingerprint density at radius 3 is 2.31 bits per heavy atom. The average molecular weight is 173 g/mol. The highest BCUT2D eigenvalue weighted by molar-refractivity contribution is 6.62. The fraction of sp³-hybridized carbons (Fsp3) is 0.455. The summed E-state index contributed by atoms with van der Waals surface area (Å²) in [5.74, 6) is 0. The molecule has 1 aliphatic heterocycles. The van der Waals surface area contributed by atoms with E-state index in [1.165, 1.54) is 37.6 Å². The lowest BCUT2D eigenvalue weighted by Gasteiger charge is -2.20. The van der Waals surface area contributed by atoms with Gasteiger partial charge in [0.1, 0.15) is 0 Å². The van der Waals surface area contributed by atoms with E-state index in [1.54, 1.807) is 0 Å². The summed E-state index contributed by atoms with van der Waals surface area (Å²) in [5, 5.41) is 3.58. The number of hydrogen-bond donors (Lipinski definition) is 1. The van der Waals surface area contributed by atoms with E-state index in [4.69, 9.17) is 0 Å². The molecule has 1 heterocycles. The van der Waals surface area contributed by atoms with Gasteiger partial charge < -0.3 is 5.23 Å². The smallest absolute Gasteiger partial charge is 0.251 e. The Hall–Kier alpha value is -0.915. The van der Waals surface area contributed by atoms with Crippen molar-refractivity contribution in [1.82, 2.24) is 0 Å². The monoisotopic (exact) mass is 173 g/mol. The first-order valence-electron chi connectivity index (χ1n) is 5.27. The van der Waals surface area contributed by atoms with E-state index in [9.17, 15) is 0 Å². The minimum absolute atomic E-state index is 0.719. The zero-order valence-corrected chi connectivity index (χ0v) is 8.00. The minimum Gasteiger partial charge on any atom is -0.428 e. The number of rotatable bonds is 2. The van der Waals surface area contributed by atoms with Crippen LogP contribution in [0.2, 0.25) is 12.6 Å². The molecule has 1 aliphatic rings. The predicted molar refractivity (Wildman–Crippen MR) is 59.3 cm³/mol. The largest absolute Gasteiger partial charge is 0.428 e. The summed E-state index contributed by atoms with van der Waals surface area (Å²) in [6.45, 7) is 0.719. The zero-order chi connectivity index (χ0) is 8.93. The van der Waals surface area contributed by atoms with Gasteiger partial charge in [0.2, 0.25) is 0 Å². The lowest BCUT2D eigenvalue weighted by atomic mass is 9.51. The third-order valence-corrected chi connectivity index (χ3v) is 2.75. The third kappa shape index (κ3) is 2.51. The van der Waals surface area contributed by atoms with E-state index in [0.717, 1.165) is 6.85 Å². The zero-order valence-electron chi connectivity index (χ0n) is 8.00. The first-order chi connectivity index (χ1) is 6.45. The number of hydrogen-bond acceptors (Lipinski definition) is 1. The fourth-order valence-electron chi connectivity index (χ4n) is 2.02. The van der Waals surface area contributed by atoms with Gasteiger partial charge in [-0.2, -0.15) is 0 Å². The molecule has 2 rings (SSSR count). The van der Waals surface area contributed by atoms with E-state index in [-0.39, 0.29) is 0 Å². The second kappa shape index (κ2) is 4.36. The van der Waals surface area contributed by atoms with Crippen LogP contribution in [0, 0.1) is 0 Å². The summed E-state index contributed by atoms with van der Waals surface area (Å²) in [5.41, 5.74) is 1.27. The van der Waals surface area contributed by atoms with E-state index in [0.29, 0.717) is 0 Å². The van der Waals surface area contributed by atoms with Gasteiger partial charge in [-0.1, -0.05) is 50.1 Å². The average Bonchev–Trinajstić information content (AvgIpc) is 2.21. The Kier molecular flexibility index (Phi) is 2.91. The van der Waals surface area contributed by atoms with Gasteiger partial charge in [-0.05, 0) is 12.1 Å². The van der Waals surface area contributed by atoms with Gasteiger partial charge in [-0.3, -0.25) is 0 Å². The van der Waals surface area contributed by atoms with Gasteiger partial charge in [0.25, 0.3) is 6.85 Å². The van der Waals surface area contributed by atoms with Crippen LogP contribution in [0.5, 0.6) is 0 Å². The molecule has 0 unspecified atom stereocenters. The second-order valence-electron chi connectivity index (χ2n) is 3.85. The molecule has 0 radical (unpaired) electrons. The minimum atomic E-state index is 0.719. The van der Waals surface area contributed by atoms with Crippen molar-refractivity contribution in [1.29, 1.82) is 0 Å². The second-order valence-corrected chi connectivity index (χ2v) is 3.85. The summed E-state index contributed by atoms with van der Waals surface area (Å²) >= 11 is 0. The van der Waals surface area contributed by atoms with E-state index < -0.39 is 0 Å². The van der Waals surface area contributed by atoms with Gasteiger partial charge in [0.05, 0.1) is 0 Å². The molecule has 0 spiro atoms. The van der Waals surface area contributed by atoms with Gasteiger partial charge in [0.15, 0.2) is 0 Å². The van der Waals surface area contributed by atoms with Crippen molar-refractivity contribution in [3.05, 3.63) is 30.3 Å². The maximum atomic E-state index is 3.58. The topological polar surface area (TPSA) is 12.0 Å². The highest BCUT2D eigenvalue weighted by Gasteiger charge is 2.17. The highest BCUT2D eigenvalue weighted by Crippen LogP contribution is 2.20. The van der Waals surface area contributed by atoms with Crippen molar-refractivity contribution in [2.75, 3.05) is 5.23 Å². The van der Waals surface area contributed by atoms with Crippen molar-refractivity contribution in [3.63, 3.8) is 0 Å². The number of nitrogens with one attached hydrogen (secondary N) is 1. The lowest BCUT2D eigenvalue weighted by Crippen LogP contribution is -2.26. The highest BCUT2D eigenvalue weighted by atomic mass is 14.8. The number of anilines is 1. The van der Waals surface area contributed by atoms with Crippen LogP contribution in [-0.2, 0) is 0 Å². The normalized spacial score (nSPS) is 17.1. The van der Waals surface area contributed by atoms with Gasteiger partial charge in [-0.15, -0.1) is 0 Å². The van der Waals surface area contributed by atoms with Crippen molar-refractivity contribution in [2.45, 2.75) is 31.9 Å². The molecular formula is C11H16BN. The van der Waals surface area contributed by atoms with Crippen LogP contribution in [0.3, 0.4) is 0 Å². The SMILES string of the molecule is c1ccc(NB2CCCCC2)cc1. The standard InChI is InChI=1S/C11H16BN/c1-3-7-11(8-4-1)13-12-9-5-2-6-10-12/h1,3-4,7-8,13H,2,5-6,9-10H2. The fourth-order valence-corrected chi connectivity index (χ4v) is 2.02. The van der Waals surface area contributed by atoms with Crippen molar-refractivity contribution in [3.8, 4) is 0 Å². The quantitative estimate of drug-likeness (QED) is 0.676. The Morgan fingerprint density at radius 2 is 1.62 bits per heavy atom. The lowest BCUT2D eigenvalue weighted by molar-refractivity contribution is 0.725. The van der Waals surface area contributed by atoms with Crippen LogP contribution >= 0.6 is 0 Å². The van der Waals surface area contributed by atoms with E-state index >= 15 is 0 Å². The summed E-state index contributed by atoms with van der Waals surface area (Å²) < 4.78 is 0. The summed E-state index contributed by atoms with van der Waals surface area (Å²) in [6, 6.07) is 10.5. The van der Waals surface area contributed by atoms with Crippen molar-refractivity contribution >= 4 is 12.5 Å². The maximum Gasteiger partial charge on any atom is 0.251 e. The molecule has 13 heavy (non-hydrogen) atoms. The summed E-state index contributed by atoms with van der Waals surface area (Å²) in [6.07, 6.45) is 6.89. The Morgan fingerprint density at radius 1 is 0.923 bits per heavy atom. The molecule has 1 aromatic carbocycles. The Labute approximate surface area is 80.6 Å². The first-order valence-corrected chi connectivity index (χ1v) is 5.27. The van der Waals surface area contributed by atoms with Crippen LogP contribution < -0.4 is 5.23 Å². The first kappa shape index (κ1) is 8.67. The summed E-state index contributed by atoms with van der Waals surface area (Å²) in [7, 11) is 0. The molecule has 0 atom stereocenters. The van der Waals surface area contributed by atoms with Crippen molar-refractivity contribution in [2.24, 2.45) is 0 Å². The molecule has 0 amide bonds. The molecule has 0 aromatic heterocycles. The number of benzene rings is 1. The number of para-hydroxylation sites is 1. The molecule has 1 fully saturated rings. The molecular weight excluding hydrogens is 157 g/mol. The molecule has 2 heteroatoms.